The fourth-order valence-electron chi connectivity index (χ4n) is 2.58. The van der Waals surface area contributed by atoms with Crippen LogP contribution in [0.1, 0.15) is 24.2 Å². The van der Waals surface area contributed by atoms with E-state index in [2.05, 4.69) is 5.32 Å². The number of carbonyl (C=O) groups is 3. The molecule has 0 bridgehead atoms. The summed E-state index contributed by atoms with van der Waals surface area (Å²) in [5, 5.41) is 2.47. The number of nitrogens with zero attached hydrogens (tertiary/aromatic N) is 2. The second-order valence-corrected chi connectivity index (χ2v) is 5.84. The van der Waals surface area contributed by atoms with Gasteiger partial charge in [-0.2, -0.15) is 0 Å². The summed E-state index contributed by atoms with van der Waals surface area (Å²) in [5.41, 5.74) is -0.0734. The fourth-order valence-corrected chi connectivity index (χ4v) is 2.58. The van der Waals surface area contributed by atoms with Gasteiger partial charge in [0.15, 0.2) is 11.6 Å². The molecule has 1 aliphatic rings. The number of hydrogen-bond donors (Lipinski definition) is 1. The SMILES string of the molecule is CCOC(=O)N1CCN(C(=O)[C@H](C)NC(=O)c2ccc(F)c(F)c2)CC1. The second-order valence-electron chi connectivity index (χ2n) is 5.84. The predicted molar refractivity (Wildman–Crippen MR) is 88.5 cm³/mol. The highest BCUT2D eigenvalue weighted by Crippen LogP contribution is 2.10. The Morgan fingerprint density at radius 1 is 1.12 bits per heavy atom. The summed E-state index contributed by atoms with van der Waals surface area (Å²) in [4.78, 5) is 39.2. The first-order valence-corrected chi connectivity index (χ1v) is 8.30. The van der Waals surface area contributed by atoms with Crippen molar-refractivity contribution in [3.05, 3.63) is 35.4 Å². The van der Waals surface area contributed by atoms with E-state index < -0.39 is 29.7 Å². The molecule has 0 radical (unpaired) electrons. The number of amides is 3. The van der Waals surface area contributed by atoms with Crippen molar-refractivity contribution in [3.8, 4) is 0 Å². The van der Waals surface area contributed by atoms with Gasteiger partial charge in [0.2, 0.25) is 5.91 Å². The largest absolute Gasteiger partial charge is 0.450 e. The Morgan fingerprint density at radius 2 is 1.73 bits per heavy atom. The maximum Gasteiger partial charge on any atom is 0.409 e. The van der Waals surface area contributed by atoms with E-state index in [1.807, 2.05) is 0 Å². The van der Waals surface area contributed by atoms with E-state index in [4.69, 9.17) is 4.74 Å². The summed E-state index contributed by atoms with van der Waals surface area (Å²) in [7, 11) is 0. The summed E-state index contributed by atoms with van der Waals surface area (Å²) < 4.78 is 31.1. The second kappa shape index (κ2) is 8.59. The van der Waals surface area contributed by atoms with Crippen molar-refractivity contribution < 1.29 is 27.9 Å². The number of rotatable bonds is 4. The zero-order valence-electron chi connectivity index (χ0n) is 14.6. The molecule has 1 N–H and O–H groups in total. The lowest BCUT2D eigenvalue weighted by Gasteiger charge is -2.35. The molecule has 9 heteroatoms. The lowest BCUT2D eigenvalue weighted by Crippen LogP contribution is -2.55. The van der Waals surface area contributed by atoms with Gasteiger partial charge in [0, 0.05) is 31.7 Å². The average molecular weight is 369 g/mol. The van der Waals surface area contributed by atoms with Crippen molar-refractivity contribution in [1.82, 2.24) is 15.1 Å². The monoisotopic (exact) mass is 369 g/mol. The van der Waals surface area contributed by atoms with Crippen LogP contribution in [0, 0.1) is 11.6 Å². The molecule has 0 aromatic heterocycles. The van der Waals surface area contributed by atoms with Crippen LogP contribution in [0.5, 0.6) is 0 Å². The summed E-state index contributed by atoms with van der Waals surface area (Å²) in [6, 6.07) is 1.93. The van der Waals surface area contributed by atoms with E-state index in [1.54, 1.807) is 6.92 Å². The van der Waals surface area contributed by atoms with Gasteiger partial charge in [-0.05, 0) is 32.0 Å². The maximum atomic E-state index is 13.2. The van der Waals surface area contributed by atoms with Gasteiger partial charge in [-0.1, -0.05) is 0 Å². The van der Waals surface area contributed by atoms with Gasteiger partial charge in [-0.15, -0.1) is 0 Å². The summed E-state index contributed by atoms with van der Waals surface area (Å²) in [6.45, 7) is 4.84. The van der Waals surface area contributed by atoms with Crippen molar-refractivity contribution in [2.75, 3.05) is 32.8 Å². The smallest absolute Gasteiger partial charge is 0.409 e. The van der Waals surface area contributed by atoms with Gasteiger partial charge in [-0.3, -0.25) is 9.59 Å². The number of halogens is 2. The molecule has 7 nitrogen and oxygen atoms in total. The molecule has 0 spiro atoms. The molecule has 1 aliphatic heterocycles. The van der Waals surface area contributed by atoms with E-state index in [-0.39, 0.29) is 18.1 Å². The van der Waals surface area contributed by atoms with Crippen LogP contribution in [0.2, 0.25) is 0 Å². The molecule has 0 unspecified atom stereocenters. The number of ether oxygens (including phenoxy) is 1. The standard InChI is InChI=1S/C17H21F2N3O4/c1-3-26-17(25)22-8-6-21(7-9-22)16(24)11(2)20-15(23)12-4-5-13(18)14(19)10-12/h4-5,10-11H,3,6-9H2,1-2H3,(H,20,23)/t11-/m0/s1. The molecule has 1 fully saturated rings. The minimum Gasteiger partial charge on any atom is -0.450 e. The van der Waals surface area contributed by atoms with Crippen LogP contribution in [0.15, 0.2) is 18.2 Å². The van der Waals surface area contributed by atoms with Gasteiger partial charge in [0.05, 0.1) is 6.61 Å². The quantitative estimate of drug-likeness (QED) is 0.870. The minimum atomic E-state index is -1.13. The molecule has 0 saturated carbocycles. The van der Waals surface area contributed by atoms with Crippen LogP contribution in [-0.4, -0.2) is 66.5 Å². The summed E-state index contributed by atoms with van der Waals surface area (Å²) in [5.74, 6) is -3.17. The van der Waals surface area contributed by atoms with Crippen molar-refractivity contribution in [1.29, 1.82) is 0 Å². The fraction of sp³-hybridized carbons (Fsp3) is 0.471. The van der Waals surface area contributed by atoms with Crippen LogP contribution in [-0.2, 0) is 9.53 Å². The predicted octanol–water partition coefficient (Wildman–Crippen LogP) is 1.38. The molecule has 1 aromatic rings. The van der Waals surface area contributed by atoms with Gasteiger partial charge in [0.25, 0.3) is 5.91 Å². The molecule has 1 aromatic carbocycles. The molecule has 3 amide bonds. The molecule has 1 heterocycles. The minimum absolute atomic E-state index is 0.0734. The molecule has 1 saturated heterocycles. The Labute approximate surface area is 149 Å². The van der Waals surface area contributed by atoms with Crippen LogP contribution >= 0.6 is 0 Å². The van der Waals surface area contributed by atoms with Gasteiger partial charge in [0.1, 0.15) is 6.04 Å². The molecule has 1 atom stereocenters. The van der Waals surface area contributed by atoms with Crippen LogP contribution in [0.3, 0.4) is 0 Å². The molecular weight excluding hydrogens is 348 g/mol. The van der Waals surface area contributed by atoms with Crippen molar-refractivity contribution in [3.63, 3.8) is 0 Å². The van der Waals surface area contributed by atoms with Crippen molar-refractivity contribution in [2.45, 2.75) is 19.9 Å². The van der Waals surface area contributed by atoms with Crippen LogP contribution in [0.25, 0.3) is 0 Å². The van der Waals surface area contributed by atoms with E-state index in [0.717, 1.165) is 18.2 Å². The van der Waals surface area contributed by atoms with E-state index in [1.165, 1.54) is 16.7 Å². The summed E-state index contributed by atoms with van der Waals surface area (Å²) in [6.07, 6.45) is -0.417. The first kappa shape index (κ1) is 19.6. The topological polar surface area (TPSA) is 79.0 Å². The lowest BCUT2D eigenvalue weighted by molar-refractivity contribution is -0.134. The van der Waals surface area contributed by atoms with Gasteiger partial charge >= 0.3 is 6.09 Å². The average Bonchev–Trinajstić information content (AvgIpc) is 2.63. The number of benzene rings is 1. The zero-order chi connectivity index (χ0) is 19.3. The first-order valence-electron chi connectivity index (χ1n) is 8.30. The summed E-state index contributed by atoms with van der Waals surface area (Å²) >= 11 is 0. The number of nitrogens with one attached hydrogen (secondary N) is 1. The number of hydrogen-bond acceptors (Lipinski definition) is 4. The number of carbonyl (C=O) groups excluding carboxylic acids is 3. The van der Waals surface area contributed by atoms with Gasteiger partial charge < -0.3 is 19.9 Å². The van der Waals surface area contributed by atoms with E-state index in [0.29, 0.717) is 26.2 Å². The molecule has 26 heavy (non-hydrogen) atoms. The Bertz CT molecular complexity index is 691. The highest BCUT2D eigenvalue weighted by atomic mass is 19.2. The zero-order valence-corrected chi connectivity index (χ0v) is 14.6. The van der Waals surface area contributed by atoms with Gasteiger partial charge in [-0.25, -0.2) is 13.6 Å². The first-order chi connectivity index (χ1) is 12.3. The third-order valence-corrected chi connectivity index (χ3v) is 4.02. The molecule has 142 valence electrons. The highest BCUT2D eigenvalue weighted by molar-refractivity contribution is 5.97. The Hall–Kier alpha value is -2.71. The van der Waals surface area contributed by atoms with Crippen molar-refractivity contribution in [2.24, 2.45) is 0 Å². The molecule has 2 rings (SSSR count). The van der Waals surface area contributed by atoms with Crippen LogP contribution < -0.4 is 5.32 Å². The Balaban J connectivity index is 1.88. The van der Waals surface area contributed by atoms with E-state index >= 15 is 0 Å². The maximum absolute atomic E-state index is 13.2. The molecule has 0 aliphatic carbocycles. The molecular formula is C17H21F2N3O4. The number of piperazine rings is 1. The van der Waals surface area contributed by atoms with Crippen molar-refractivity contribution >= 4 is 17.9 Å². The highest BCUT2D eigenvalue weighted by Gasteiger charge is 2.28. The lowest BCUT2D eigenvalue weighted by atomic mass is 10.1. The Morgan fingerprint density at radius 3 is 2.31 bits per heavy atom. The van der Waals surface area contributed by atoms with Crippen LogP contribution in [0.4, 0.5) is 13.6 Å². The third kappa shape index (κ3) is 4.68. The Kier molecular flexibility index (Phi) is 6.48. The van der Waals surface area contributed by atoms with E-state index in [9.17, 15) is 23.2 Å². The third-order valence-electron chi connectivity index (χ3n) is 4.02. The normalized spacial score (nSPS) is 15.4.